The van der Waals surface area contributed by atoms with Gasteiger partial charge in [-0.15, -0.1) is 0 Å². The van der Waals surface area contributed by atoms with Crippen LogP contribution in [0.15, 0.2) is 18.2 Å². The van der Waals surface area contributed by atoms with E-state index in [9.17, 15) is 4.79 Å². The molecule has 1 amide bonds. The van der Waals surface area contributed by atoms with Crippen molar-refractivity contribution < 1.29 is 4.79 Å². The van der Waals surface area contributed by atoms with Crippen LogP contribution in [0, 0.1) is 0 Å². The van der Waals surface area contributed by atoms with Gasteiger partial charge in [0.1, 0.15) is 0 Å². The highest BCUT2D eigenvalue weighted by atomic mass is 16.2. The van der Waals surface area contributed by atoms with Crippen molar-refractivity contribution in [3.05, 3.63) is 23.8 Å². The van der Waals surface area contributed by atoms with Gasteiger partial charge in [-0.25, -0.2) is 0 Å². The molecule has 0 aromatic heterocycles. The number of nitrogens with one attached hydrogen (secondary N) is 1. The first kappa shape index (κ1) is 13.3. The molecule has 1 saturated carbocycles. The summed E-state index contributed by atoms with van der Waals surface area (Å²) in [5, 5.41) is 3.18. The number of nitrogens with two attached hydrogens (primary N) is 1. The molecule has 1 aromatic carbocycles. The number of hydrogen-bond acceptors (Lipinski definition) is 3. The third kappa shape index (κ3) is 2.89. The van der Waals surface area contributed by atoms with Gasteiger partial charge >= 0.3 is 0 Å². The number of nitrogens with zero attached hydrogens (tertiary/aromatic N) is 1. The van der Waals surface area contributed by atoms with Gasteiger partial charge in [-0.1, -0.05) is 19.3 Å². The predicted molar refractivity (Wildman–Crippen MR) is 81.8 cm³/mol. The number of fused-ring (bicyclic) bond motifs is 1. The Hall–Kier alpha value is -1.71. The minimum Gasteiger partial charge on any atom is -0.399 e. The molecule has 1 fully saturated rings. The number of amides is 1. The fourth-order valence-electron chi connectivity index (χ4n) is 3.35. The van der Waals surface area contributed by atoms with E-state index in [1.54, 1.807) is 0 Å². The molecule has 0 saturated heterocycles. The molecule has 20 heavy (non-hydrogen) atoms. The lowest BCUT2D eigenvalue weighted by Crippen LogP contribution is -2.42. The van der Waals surface area contributed by atoms with E-state index < -0.39 is 0 Å². The molecular weight excluding hydrogens is 250 g/mol. The summed E-state index contributed by atoms with van der Waals surface area (Å²) in [7, 11) is 0. The lowest BCUT2D eigenvalue weighted by Gasteiger charge is -2.25. The van der Waals surface area contributed by atoms with Gasteiger partial charge in [0.2, 0.25) is 5.91 Å². The summed E-state index contributed by atoms with van der Waals surface area (Å²) < 4.78 is 0. The molecule has 2 aliphatic rings. The van der Waals surface area contributed by atoms with Gasteiger partial charge in [-0.05, 0) is 43.0 Å². The zero-order valence-corrected chi connectivity index (χ0v) is 11.9. The van der Waals surface area contributed by atoms with E-state index in [0.717, 1.165) is 37.2 Å². The van der Waals surface area contributed by atoms with E-state index in [1.807, 2.05) is 18.2 Å². The second-order valence-corrected chi connectivity index (χ2v) is 5.96. The highest BCUT2D eigenvalue weighted by Gasteiger charge is 2.22. The number of benzene rings is 1. The molecule has 1 aliphatic carbocycles. The van der Waals surface area contributed by atoms with Gasteiger partial charge < -0.3 is 16.0 Å². The van der Waals surface area contributed by atoms with Crippen LogP contribution in [-0.2, 0) is 11.2 Å². The minimum atomic E-state index is 0.154. The summed E-state index contributed by atoms with van der Waals surface area (Å²) in [5.74, 6) is 0.154. The number of rotatable bonds is 3. The summed E-state index contributed by atoms with van der Waals surface area (Å²) in [6.07, 6.45) is 7.07. The van der Waals surface area contributed by atoms with E-state index in [4.69, 9.17) is 5.73 Å². The molecular formula is C16H23N3O. The van der Waals surface area contributed by atoms with Crippen molar-refractivity contribution in [2.75, 3.05) is 23.7 Å². The number of nitrogen functional groups attached to an aromatic ring is 1. The summed E-state index contributed by atoms with van der Waals surface area (Å²) >= 11 is 0. The van der Waals surface area contributed by atoms with Crippen molar-refractivity contribution in [2.45, 2.75) is 44.6 Å². The molecule has 0 atom stereocenters. The van der Waals surface area contributed by atoms with Crippen LogP contribution < -0.4 is 16.0 Å². The van der Waals surface area contributed by atoms with Crippen LogP contribution in [0.2, 0.25) is 0 Å². The number of carbonyl (C=O) groups is 1. The maximum Gasteiger partial charge on any atom is 0.239 e. The van der Waals surface area contributed by atoms with Crippen molar-refractivity contribution >= 4 is 17.3 Å². The van der Waals surface area contributed by atoms with E-state index in [0.29, 0.717) is 12.6 Å². The normalized spacial score (nSPS) is 18.9. The van der Waals surface area contributed by atoms with Crippen LogP contribution in [0.25, 0.3) is 0 Å². The predicted octanol–water partition coefficient (Wildman–Crippen LogP) is 2.08. The lowest BCUT2D eigenvalue weighted by molar-refractivity contribution is -0.120. The van der Waals surface area contributed by atoms with Crippen LogP contribution in [0.5, 0.6) is 0 Å². The second-order valence-electron chi connectivity index (χ2n) is 5.96. The SMILES string of the molecule is Nc1ccc2c(c1)CCN2CC(=O)NC1CCCCC1. The Morgan fingerprint density at radius 1 is 1.30 bits per heavy atom. The highest BCUT2D eigenvalue weighted by Crippen LogP contribution is 2.29. The molecule has 0 unspecified atom stereocenters. The number of carbonyl (C=O) groups excluding carboxylic acids is 1. The van der Waals surface area contributed by atoms with Crippen LogP contribution in [-0.4, -0.2) is 25.0 Å². The van der Waals surface area contributed by atoms with Crippen molar-refractivity contribution in [1.29, 1.82) is 0 Å². The largest absolute Gasteiger partial charge is 0.399 e. The van der Waals surface area contributed by atoms with Crippen molar-refractivity contribution in [2.24, 2.45) is 0 Å². The van der Waals surface area contributed by atoms with E-state index in [1.165, 1.54) is 24.8 Å². The zero-order chi connectivity index (χ0) is 13.9. The summed E-state index contributed by atoms with van der Waals surface area (Å²) in [4.78, 5) is 14.3. The first-order chi connectivity index (χ1) is 9.72. The van der Waals surface area contributed by atoms with Crippen LogP contribution in [0.3, 0.4) is 0 Å². The fraction of sp³-hybridized carbons (Fsp3) is 0.562. The summed E-state index contributed by atoms with van der Waals surface area (Å²) in [5.41, 5.74) is 9.03. The van der Waals surface area contributed by atoms with E-state index in [-0.39, 0.29) is 5.91 Å². The minimum absolute atomic E-state index is 0.154. The molecule has 3 N–H and O–H groups in total. The van der Waals surface area contributed by atoms with E-state index >= 15 is 0 Å². The van der Waals surface area contributed by atoms with Gasteiger partial charge in [0.15, 0.2) is 0 Å². The highest BCUT2D eigenvalue weighted by molar-refractivity contribution is 5.82. The Morgan fingerprint density at radius 2 is 2.10 bits per heavy atom. The quantitative estimate of drug-likeness (QED) is 0.829. The monoisotopic (exact) mass is 273 g/mol. The molecule has 108 valence electrons. The molecule has 1 heterocycles. The Bertz CT molecular complexity index is 494. The summed E-state index contributed by atoms with van der Waals surface area (Å²) in [6.45, 7) is 1.38. The second kappa shape index (κ2) is 5.73. The van der Waals surface area contributed by atoms with Gasteiger partial charge in [0.05, 0.1) is 6.54 Å². The molecule has 4 heteroatoms. The number of hydrogen-bond donors (Lipinski definition) is 2. The third-order valence-corrected chi connectivity index (χ3v) is 4.40. The fourth-order valence-corrected chi connectivity index (χ4v) is 3.35. The standard InChI is InChI=1S/C16H23N3O/c17-13-6-7-15-12(10-13)8-9-19(15)11-16(20)18-14-4-2-1-3-5-14/h6-7,10,14H,1-5,8-9,11,17H2,(H,18,20). The first-order valence-electron chi connectivity index (χ1n) is 7.65. The van der Waals surface area contributed by atoms with Crippen LogP contribution >= 0.6 is 0 Å². The average molecular weight is 273 g/mol. The van der Waals surface area contributed by atoms with Gasteiger partial charge in [0.25, 0.3) is 0 Å². The smallest absolute Gasteiger partial charge is 0.239 e. The van der Waals surface area contributed by atoms with Gasteiger partial charge in [-0.3, -0.25) is 4.79 Å². The summed E-state index contributed by atoms with van der Waals surface area (Å²) in [6, 6.07) is 6.36. The maximum absolute atomic E-state index is 12.2. The molecule has 0 spiro atoms. The average Bonchev–Trinajstić information content (AvgIpc) is 2.82. The zero-order valence-electron chi connectivity index (χ0n) is 11.9. The van der Waals surface area contributed by atoms with E-state index in [2.05, 4.69) is 10.2 Å². The van der Waals surface area contributed by atoms with Gasteiger partial charge in [0, 0.05) is 24.0 Å². The van der Waals surface area contributed by atoms with Crippen LogP contribution in [0.4, 0.5) is 11.4 Å². The van der Waals surface area contributed by atoms with Crippen molar-refractivity contribution in [3.63, 3.8) is 0 Å². The molecule has 0 radical (unpaired) electrons. The molecule has 0 bridgehead atoms. The molecule has 1 aliphatic heterocycles. The molecule has 4 nitrogen and oxygen atoms in total. The molecule has 1 aromatic rings. The Balaban J connectivity index is 1.58. The van der Waals surface area contributed by atoms with Crippen molar-refractivity contribution in [3.8, 4) is 0 Å². The Labute approximate surface area is 120 Å². The topological polar surface area (TPSA) is 58.4 Å². The lowest BCUT2D eigenvalue weighted by atomic mass is 9.95. The van der Waals surface area contributed by atoms with Crippen LogP contribution in [0.1, 0.15) is 37.7 Å². The maximum atomic E-state index is 12.2. The number of anilines is 2. The third-order valence-electron chi connectivity index (χ3n) is 4.40. The van der Waals surface area contributed by atoms with Gasteiger partial charge in [-0.2, -0.15) is 0 Å². The van der Waals surface area contributed by atoms with Crippen molar-refractivity contribution in [1.82, 2.24) is 5.32 Å². The Morgan fingerprint density at radius 3 is 2.90 bits per heavy atom. The molecule has 3 rings (SSSR count). The first-order valence-corrected chi connectivity index (χ1v) is 7.65. The Kier molecular flexibility index (Phi) is 3.81.